The van der Waals surface area contributed by atoms with Crippen molar-refractivity contribution >= 4 is 11.9 Å². The molecule has 0 aromatic rings. The zero-order chi connectivity index (χ0) is 17.7. The predicted octanol–water partition coefficient (Wildman–Crippen LogP) is 2.61. The zero-order valence-electron chi connectivity index (χ0n) is 15.6. The molecule has 0 saturated carbocycles. The van der Waals surface area contributed by atoms with Crippen molar-refractivity contribution in [1.29, 1.82) is 0 Å². The molecule has 1 amide bonds. The van der Waals surface area contributed by atoms with E-state index in [2.05, 4.69) is 17.1 Å². The number of likely N-dealkylation sites (tertiary alicyclic amines) is 1. The number of ether oxygens (including phenoxy) is 1. The van der Waals surface area contributed by atoms with Gasteiger partial charge in [-0.2, -0.15) is 0 Å². The van der Waals surface area contributed by atoms with Gasteiger partial charge in [-0.3, -0.25) is 14.5 Å². The molecule has 1 fully saturated rings. The average Bonchev–Trinajstić information content (AvgIpc) is 2.53. The number of hydrogen-bond donors (Lipinski definition) is 0. The summed E-state index contributed by atoms with van der Waals surface area (Å²) in [6.07, 6.45) is 9.03. The minimum Gasteiger partial charge on any atom is -0.459 e. The number of allylic oxidation sites excluding steroid dienone is 2. The molecular formula is C19H32N2O3. The van der Waals surface area contributed by atoms with E-state index in [1.807, 2.05) is 32.7 Å². The molecule has 1 aliphatic carbocycles. The van der Waals surface area contributed by atoms with Crippen molar-refractivity contribution in [3.8, 4) is 0 Å². The van der Waals surface area contributed by atoms with Crippen LogP contribution in [0.3, 0.4) is 0 Å². The van der Waals surface area contributed by atoms with E-state index in [1.54, 1.807) is 0 Å². The third kappa shape index (κ3) is 5.62. The summed E-state index contributed by atoms with van der Waals surface area (Å²) >= 11 is 0. The number of amides is 1. The molecule has 0 radical (unpaired) electrons. The Morgan fingerprint density at radius 1 is 1.17 bits per heavy atom. The molecule has 1 unspecified atom stereocenters. The summed E-state index contributed by atoms with van der Waals surface area (Å²) in [5.74, 6) is 0.302. The lowest BCUT2D eigenvalue weighted by atomic mass is 9.92. The number of likely N-dealkylation sites (N-methyl/N-ethyl adjacent to an activating group) is 1. The first-order valence-electron chi connectivity index (χ1n) is 9.12. The van der Waals surface area contributed by atoms with E-state index in [9.17, 15) is 9.59 Å². The Hall–Kier alpha value is -1.36. The summed E-state index contributed by atoms with van der Waals surface area (Å²) in [6, 6.07) is 0.341. The van der Waals surface area contributed by atoms with Crippen LogP contribution in [-0.4, -0.2) is 60.0 Å². The van der Waals surface area contributed by atoms with E-state index in [0.29, 0.717) is 18.5 Å². The Kier molecular flexibility index (Phi) is 6.44. The minimum atomic E-state index is -0.442. The lowest BCUT2D eigenvalue weighted by Crippen LogP contribution is -2.48. The highest BCUT2D eigenvalue weighted by molar-refractivity contribution is 5.79. The van der Waals surface area contributed by atoms with Gasteiger partial charge < -0.3 is 9.64 Å². The van der Waals surface area contributed by atoms with Crippen molar-refractivity contribution in [2.45, 2.75) is 64.5 Å². The van der Waals surface area contributed by atoms with Gasteiger partial charge in [0.1, 0.15) is 5.60 Å². The topological polar surface area (TPSA) is 49.9 Å². The van der Waals surface area contributed by atoms with E-state index in [0.717, 1.165) is 45.2 Å². The van der Waals surface area contributed by atoms with Crippen LogP contribution in [0, 0.1) is 5.92 Å². The quantitative estimate of drug-likeness (QED) is 0.585. The molecule has 0 aromatic heterocycles. The Labute approximate surface area is 146 Å². The van der Waals surface area contributed by atoms with Gasteiger partial charge in [-0.15, -0.1) is 0 Å². The molecule has 1 heterocycles. The number of hydrogen-bond acceptors (Lipinski definition) is 4. The van der Waals surface area contributed by atoms with Crippen molar-refractivity contribution in [3.05, 3.63) is 12.2 Å². The normalized spacial score (nSPS) is 22.7. The predicted molar refractivity (Wildman–Crippen MR) is 94.6 cm³/mol. The van der Waals surface area contributed by atoms with Crippen LogP contribution in [0.4, 0.5) is 0 Å². The van der Waals surface area contributed by atoms with Gasteiger partial charge in [-0.05, 0) is 59.9 Å². The number of nitrogens with zero attached hydrogens (tertiary/aromatic N) is 2. The van der Waals surface area contributed by atoms with Crippen LogP contribution < -0.4 is 0 Å². The second-order valence-electron chi connectivity index (χ2n) is 8.04. The Balaban J connectivity index is 1.76. The number of carbonyl (C=O) groups is 2. The largest absolute Gasteiger partial charge is 0.459 e. The summed E-state index contributed by atoms with van der Waals surface area (Å²) in [4.78, 5) is 28.6. The first-order chi connectivity index (χ1) is 11.3. The maximum absolute atomic E-state index is 12.6. The van der Waals surface area contributed by atoms with Crippen molar-refractivity contribution < 1.29 is 14.3 Å². The van der Waals surface area contributed by atoms with Gasteiger partial charge in [0.05, 0.1) is 6.54 Å². The lowest BCUT2D eigenvalue weighted by Gasteiger charge is -2.38. The van der Waals surface area contributed by atoms with Gasteiger partial charge in [0, 0.05) is 25.0 Å². The van der Waals surface area contributed by atoms with Crippen molar-refractivity contribution in [1.82, 2.24) is 9.80 Å². The third-order valence-corrected chi connectivity index (χ3v) is 4.82. The molecule has 1 atom stereocenters. The Morgan fingerprint density at radius 2 is 1.83 bits per heavy atom. The van der Waals surface area contributed by atoms with Crippen molar-refractivity contribution in [2.24, 2.45) is 5.92 Å². The van der Waals surface area contributed by atoms with E-state index in [4.69, 9.17) is 4.74 Å². The highest BCUT2D eigenvalue weighted by Gasteiger charge is 2.30. The highest BCUT2D eigenvalue weighted by atomic mass is 16.6. The average molecular weight is 336 g/mol. The molecule has 0 N–H and O–H groups in total. The fraction of sp³-hybridized carbons (Fsp3) is 0.789. The summed E-state index contributed by atoms with van der Waals surface area (Å²) in [6.45, 7) is 7.55. The van der Waals surface area contributed by atoms with Gasteiger partial charge in [0.25, 0.3) is 0 Å². The SMILES string of the molecule is CN(CC(=O)OC(C)(C)C)C1CCN(C(=O)C2CC=CCC2)CC1. The van der Waals surface area contributed by atoms with E-state index in [1.165, 1.54) is 0 Å². The molecule has 2 rings (SSSR count). The molecule has 1 aliphatic heterocycles. The molecule has 136 valence electrons. The van der Waals surface area contributed by atoms with Crippen LogP contribution in [0.5, 0.6) is 0 Å². The van der Waals surface area contributed by atoms with Crippen molar-refractivity contribution in [3.63, 3.8) is 0 Å². The molecule has 5 heteroatoms. The summed E-state index contributed by atoms with van der Waals surface area (Å²) in [5.41, 5.74) is -0.442. The first kappa shape index (κ1) is 19.0. The monoisotopic (exact) mass is 336 g/mol. The molecule has 1 saturated heterocycles. The fourth-order valence-corrected chi connectivity index (χ4v) is 3.51. The number of rotatable bonds is 4. The second-order valence-corrected chi connectivity index (χ2v) is 8.04. The first-order valence-corrected chi connectivity index (χ1v) is 9.12. The molecule has 24 heavy (non-hydrogen) atoms. The van der Waals surface area contributed by atoms with Gasteiger partial charge in [-0.1, -0.05) is 12.2 Å². The van der Waals surface area contributed by atoms with Crippen LogP contribution in [0.1, 0.15) is 52.9 Å². The third-order valence-electron chi connectivity index (χ3n) is 4.82. The summed E-state index contributed by atoms with van der Waals surface area (Å²) < 4.78 is 5.39. The number of piperidine rings is 1. The molecular weight excluding hydrogens is 304 g/mol. The zero-order valence-corrected chi connectivity index (χ0v) is 15.6. The molecule has 5 nitrogen and oxygen atoms in total. The van der Waals surface area contributed by atoms with Gasteiger partial charge in [0.2, 0.25) is 5.91 Å². The smallest absolute Gasteiger partial charge is 0.320 e. The lowest BCUT2D eigenvalue weighted by molar-refractivity contribution is -0.156. The maximum Gasteiger partial charge on any atom is 0.320 e. The van der Waals surface area contributed by atoms with Crippen LogP contribution in [-0.2, 0) is 14.3 Å². The number of carbonyl (C=O) groups excluding carboxylic acids is 2. The molecule has 0 spiro atoms. The molecule has 0 aromatic carbocycles. The maximum atomic E-state index is 12.6. The Bertz CT molecular complexity index is 473. The van der Waals surface area contributed by atoms with Gasteiger partial charge in [-0.25, -0.2) is 0 Å². The van der Waals surface area contributed by atoms with Crippen LogP contribution >= 0.6 is 0 Å². The highest BCUT2D eigenvalue weighted by Crippen LogP contribution is 2.23. The van der Waals surface area contributed by atoms with E-state index < -0.39 is 5.60 Å². The minimum absolute atomic E-state index is 0.172. The summed E-state index contributed by atoms with van der Waals surface area (Å²) in [5, 5.41) is 0. The molecule has 2 aliphatic rings. The number of esters is 1. The fourth-order valence-electron chi connectivity index (χ4n) is 3.51. The Morgan fingerprint density at radius 3 is 2.38 bits per heavy atom. The van der Waals surface area contributed by atoms with Crippen LogP contribution in [0.25, 0.3) is 0 Å². The molecule has 0 bridgehead atoms. The van der Waals surface area contributed by atoms with Gasteiger partial charge >= 0.3 is 5.97 Å². The second kappa shape index (κ2) is 8.15. The van der Waals surface area contributed by atoms with Crippen LogP contribution in [0.15, 0.2) is 12.2 Å². The van der Waals surface area contributed by atoms with E-state index >= 15 is 0 Å². The van der Waals surface area contributed by atoms with Gasteiger partial charge in [0.15, 0.2) is 0 Å². The summed E-state index contributed by atoms with van der Waals surface area (Å²) in [7, 11) is 1.97. The van der Waals surface area contributed by atoms with Crippen molar-refractivity contribution in [2.75, 3.05) is 26.7 Å². The van der Waals surface area contributed by atoms with E-state index in [-0.39, 0.29) is 11.9 Å². The standard InChI is InChI=1S/C19H32N2O3/c1-19(2,3)24-17(22)14-20(4)16-10-12-21(13-11-16)18(23)15-8-6-5-7-9-15/h5-6,15-16H,7-14H2,1-4H3. The van der Waals surface area contributed by atoms with Crippen LogP contribution in [0.2, 0.25) is 0 Å².